The second kappa shape index (κ2) is 9.08. The minimum absolute atomic E-state index is 0.0371. The number of nitrogens with one attached hydrogen (secondary N) is 1. The van der Waals surface area contributed by atoms with Crippen molar-refractivity contribution in [3.63, 3.8) is 0 Å². The second-order valence-corrected chi connectivity index (χ2v) is 10.4. The minimum atomic E-state index is 0.0371. The first kappa shape index (κ1) is 23.5. The van der Waals surface area contributed by atoms with E-state index in [-0.39, 0.29) is 5.11 Å². The minimum Gasteiger partial charge on any atom is -0.494 e. The van der Waals surface area contributed by atoms with Crippen molar-refractivity contribution >= 4 is 40.4 Å². The molecule has 1 aliphatic rings. The number of methoxy groups -OCH3 is 1. The smallest absolute Gasteiger partial charge is 0.147 e. The molecule has 1 saturated heterocycles. The second-order valence-electron chi connectivity index (χ2n) is 10.4. The zero-order chi connectivity index (χ0) is 24.7. The summed E-state index contributed by atoms with van der Waals surface area (Å²) in [6, 6.07) is 12.6. The SMILES string of the molecule is BC(B)(B)c1cccc(-c2nc3c(-c4ccc(N5CCN(C)CC5)nc4)n[nH]c3cc2OC)c1C. The van der Waals surface area contributed by atoms with Crippen LogP contribution in [0.15, 0.2) is 42.6 Å². The third kappa shape index (κ3) is 4.43. The fourth-order valence-corrected chi connectivity index (χ4v) is 4.93. The van der Waals surface area contributed by atoms with Crippen LogP contribution in [0.5, 0.6) is 5.75 Å². The molecule has 0 atom stereocenters. The van der Waals surface area contributed by atoms with E-state index in [2.05, 4.69) is 87.8 Å². The van der Waals surface area contributed by atoms with Crippen LogP contribution in [0.3, 0.4) is 0 Å². The van der Waals surface area contributed by atoms with Crippen LogP contribution in [-0.2, 0) is 5.11 Å². The molecule has 1 N–H and O–H groups in total. The van der Waals surface area contributed by atoms with Gasteiger partial charge in [0.05, 0.1) is 36.2 Å². The molecule has 3 aromatic heterocycles. The van der Waals surface area contributed by atoms with Crippen molar-refractivity contribution in [3.05, 3.63) is 53.7 Å². The van der Waals surface area contributed by atoms with Crippen molar-refractivity contribution in [1.82, 2.24) is 25.1 Å². The average molecular weight is 464 g/mol. The number of hydrogen-bond acceptors (Lipinski definition) is 6. The summed E-state index contributed by atoms with van der Waals surface area (Å²) in [5, 5.41) is 7.78. The molecular formula is C25H31B3N6O. The molecule has 0 aliphatic carbocycles. The lowest BCUT2D eigenvalue weighted by Crippen LogP contribution is -2.44. The van der Waals surface area contributed by atoms with Gasteiger partial charge in [0.15, 0.2) is 0 Å². The summed E-state index contributed by atoms with van der Waals surface area (Å²) in [7, 11) is 10.6. The highest BCUT2D eigenvalue weighted by molar-refractivity contribution is 6.59. The molecule has 0 amide bonds. The fraction of sp³-hybridized carbons (Fsp3) is 0.320. The number of anilines is 1. The third-order valence-electron chi connectivity index (χ3n) is 6.97. The lowest BCUT2D eigenvalue weighted by Gasteiger charge is -2.33. The lowest BCUT2D eigenvalue weighted by atomic mass is 9.39. The van der Waals surface area contributed by atoms with Crippen LogP contribution >= 0.6 is 0 Å². The van der Waals surface area contributed by atoms with E-state index in [0.717, 1.165) is 71.3 Å². The monoisotopic (exact) mass is 464 g/mol. The number of ether oxygens (including phenoxy) is 1. The molecule has 0 bridgehead atoms. The van der Waals surface area contributed by atoms with Gasteiger partial charge in [-0.1, -0.05) is 28.9 Å². The zero-order valence-electron chi connectivity index (χ0n) is 21.5. The highest BCUT2D eigenvalue weighted by Gasteiger charge is 2.22. The van der Waals surface area contributed by atoms with E-state index in [4.69, 9.17) is 14.7 Å². The molecule has 5 rings (SSSR count). The Balaban J connectivity index is 1.56. The molecule has 176 valence electrons. The van der Waals surface area contributed by atoms with E-state index in [1.807, 2.05) is 12.3 Å². The molecule has 4 aromatic rings. The Morgan fingerprint density at radius 1 is 1.03 bits per heavy atom. The highest BCUT2D eigenvalue weighted by atomic mass is 16.5. The van der Waals surface area contributed by atoms with E-state index in [9.17, 15) is 0 Å². The van der Waals surface area contributed by atoms with Gasteiger partial charge in [0.25, 0.3) is 0 Å². The number of rotatable bonds is 5. The van der Waals surface area contributed by atoms with Gasteiger partial charge in [-0.2, -0.15) is 5.10 Å². The summed E-state index contributed by atoms with van der Waals surface area (Å²) >= 11 is 0. The van der Waals surface area contributed by atoms with E-state index in [0.29, 0.717) is 0 Å². The van der Waals surface area contributed by atoms with Crippen molar-refractivity contribution in [2.75, 3.05) is 45.2 Å². The number of aromatic nitrogens is 4. The van der Waals surface area contributed by atoms with Gasteiger partial charge in [0.2, 0.25) is 0 Å². The largest absolute Gasteiger partial charge is 0.494 e. The predicted molar refractivity (Wildman–Crippen MR) is 151 cm³/mol. The predicted octanol–water partition coefficient (Wildman–Crippen LogP) is 0.765. The average Bonchev–Trinajstić information content (AvgIpc) is 3.26. The number of H-pyrrole nitrogens is 1. The van der Waals surface area contributed by atoms with Gasteiger partial charge in [-0.05, 0) is 31.7 Å². The molecule has 10 heteroatoms. The number of aromatic amines is 1. The summed E-state index contributed by atoms with van der Waals surface area (Å²) in [6.07, 6.45) is 1.90. The first-order chi connectivity index (χ1) is 16.8. The Kier molecular flexibility index (Phi) is 6.09. The Hall–Kier alpha value is -3.26. The number of nitrogens with zero attached hydrogens (tertiary/aromatic N) is 5. The van der Waals surface area contributed by atoms with Crippen LogP contribution in [0.2, 0.25) is 0 Å². The van der Waals surface area contributed by atoms with Crippen molar-refractivity contribution in [2.24, 2.45) is 0 Å². The van der Waals surface area contributed by atoms with Gasteiger partial charge in [0.1, 0.15) is 28.5 Å². The number of piperazine rings is 1. The Labute approximate surface area is 209 Å². The molecule has 7 nitrogen and oxygen atoms in total. The molecule has 1 fully saturated rings. The van der Waals surface area contributed by atoms with E-state index < -0.39 is 0 Å². The fourth-order valence-electron chi connectivity index (χ4n) is 4.93. The van der Waals surface area contributed by atoms with Crippen molar-refractivity contribution in [1.29, 1.82) is 0 Å². The lowest BCUT2D eigenvalue weighted by molar-refractivity contribution is 0.312. The van der Waals surface area contributed by atoms with E-state index >= 15 is 0 Å². The number of hydrogen-bond donors (Lipinski definition) is 1. The van der Waals surface area contributed by atoms with Crippen LogP contribution < -0.4 is 9.64 Å². The van der Waals surface area contributed by atoms with Crippen LogP contribution in [0, 0.1) is 6.92 Å². The van der Waals surface area contributed by atoms with Gasteiger partial charge in [-0.15, -0.1) is 0 Å². The molecule has 4 heterocycles. The van der Waals surface area contributed by atoms with Gasteiger partial charge in [-0.3, -0.25) is 5.10 Å². The maximum atomic E-state index is 5.76. The molecule has 1 aliphatic heterocycles. The Bertz CT molecular complexity index is 1360. The number of likely N-dealkylation sites (N-methyl/N-ethyl adjacent to an activating group) is 1. The maximum absolute atomic E-state index is 5.76. The summed E-state index contributed by atoms with van der Waals surface area (Å²) in [4.78, 5) is 14.5. The van der Waals surface area contributed by atoms with E-state index in [1.54, 1.807) is 7.11 Å². The van der Waals surface area contributed by atoms with Crippen LogP contribution in [-0.4, -0.2) is 88.9 Å². The summed E-state index contributed by atoms with van der Waals surface area (Å²) < 4.78 is 5.76. The number of fused-ring (bicyclic) bond motifs is 1. The van der Waals surface area contributed by atoms with Gasteiger partial charge >= 0.3 is 0 Å². The molecule has 0 saturated carbocycles. The van der Waals surface area contributed by atoms with Crippen molar-refractivity contribution < 1.29 is 4.74 Å². The quantitative estimate of drug-likeness (QED) is 0.441. The standard InChI is InChI=1S/C25H31B3N6O/c1-15-17(5-4-6-18(15)25(26,27)28)23-20(35-3)13-19-24(30-23)22(32-31-19)16-7-8-21(29-14-16)34-11-9-33(2)10-12-34/h4-8,13-14H,9-12,26-28H2,1-3H3,(H,31,32). The zero-order valence-corrected chi connectivity index (χ0v) is 21.5. The molecule has 1 aromatic carbocycles. The first-order valence-corrected chi connectivity index (χ1v) is 12.2. The van der Waals surface area contributed by atoms with Crippen LogP contribution in [0.1, 0.15) is 11.1 Å². The molecule has 0 radical (unpaired) electrons. The normalized spacial score (nSPS) is 15.0. The van der Waals surface area contributed by atoms with Crippen LogP contribution in [0.25, 0.3) is 33.5 Å². The summed E-state index contributed by atoms with van der Waals surface area (Å²) in [6.45, 7) is 6.26. The highest BCUT2D eigenvalue weighted by Crippen LogP contribution is 2.37. The van der Waals surface area contributed by atoms with Crippen LogP contribution in [0.4, 0.5) is 5.82 Å². The number of benzene rings is 1. The van der Waals surface area contributed by atoms with Gasteiger partial charge in [0, 0.05) is 49.6 Å². The number of pyridine rings is 2. The summed E-state index contributed by atoms with van der Waals surface area (Å²) in [5.74, 6) is 1.73. The van der Waals surface area contributed by atoms with E-state index in [1.165, 1.54) is 11.1 Å². The van der Waals surface area contributed by atoms with Gasteiger partial charge in [-0.25, -0.2) is 9.97 Å². The molecule has 0 spiro atoms. The molecule has 35 heavy (non-hydrogen) atoms. The topological polar surface area (TPSA) is 70.2 Å². The third-order valence-corrected chi connectivity index (χ3v) is 6.97. The van der Waals surface area contributed by atoms with Crippen molar-refractivity contribution in [3.8, 4) is 28.3 Å². The summed E-state index contributed by atoms with van der Waals surface area (Å²) in [5.41, 5.74) is 7.82. The first-order valence-electron chi connectivity index (χ1n) is 12.2. The Morgan fingerprint density at radius 3 is 2.46 bits per heavy atom. The van der Waals surface area contributed by atoms with Gasteiger partial charge < -0.3 is 14.5 Å². The molecule has 0 unspecified atom stereocenters. The maximum Gasteiger partial charge on any atom is 0.147 e. The Morgan fingerprint density at radius 2 is 1.80 bits per heavy atom. The molecular weight excluding hydrogens is 433 g/mol. The van der Waals surface area contributed by atoms with Crippen molar-refractivity contribution in [2.45, 2.75) is 12.0 Å².